The zero-order valence-corrected chi connectivity index (χ0v) is 13.1. The minimum Gasteiger partial charge on any atom is -0.304 e. The third-order valence-electron chi connectivity index (χ3n) is 2.90. The van der Waals surface area contributed by atoms with Crippen LogP contribution in [0.3, 0.4) is 0 Å². The molecule has 0 aliphatic carbocycles. The fourth-order valence-corrected chi connectivity index (χ4v) is 3.41. The van der Waals surface area contributed by atoms with Crippen LogP contribution in [0.25, 0.3) is 10.6 Å². The van der Waals surface area contributed by atoms with Gasteiger partial charge >= 0.3 is 0 Å². The molecule has 108 valence electrons. The van der Waals surface area contributed by atoms with Gasteiger partial charge in [0.2, 0.25) is 0 Å². The SMILES string of the molecule is CCCc1cc(NC(=O)c2csc(-c3ccsc3)n2)n[nH]1. The molecule has 1 amide bonds. The molecular formula is C14H14N4OS2. The van der Waals surface area contributed by atoms with E-state index >= 15 is 0 Å². The van der Waals surface area contributed by atoms with Crippen LogP contribution in [-0.2, 0) is 6.42 Å². The Labute approximate surface area is 130 Å². The molecule has 0 aliphatic heterocycles. The molecule has 0 radical (unpaired) electrons. The van der Waals surface area contributed by atoms with E-state index in [4.69, 9.17) is 0 Å². The first-order valence-electron chi connectivity index (χ1n) is 6.60. The highest BCUT2D eigenvalue weighted by molar-refractivity contribution is 7.14. The van der Waals surface area contributed by atoms with E-state index in [0.29, 0.717) is 11.5 Å². The van der Waals surface area contributed by atoms with Crippen LogP contribution < -0.4 is 5.32 Å². The molecule has 5 nitrogen and oxygen atoms in total. The molecule has 0 bridgehead atoms. The molecule has 0 unspecified atom stereocenters. The van der Waals surface area contributed by atoms with E-state index in [1.54, 1.807) is 16.7 Å². The fraction of sp³-hybridized carbons (Fsp3) is 0.214. The summed E-state index contributed by atoms with van der Waals surface area (Å²) in [6.07, 6.45) is 1.95. The third kappa shape index (κ3) is 3.20. The summed E-state index contributed by atoms with van der Waals surface area (Å²) >= 11 is 3.08. The number of hydrogen-bond donors (Lipinski definition) is 2. The molecule has 0 atom stereocenters. The molecular weight excluding hydrogens is 304 g/mol. The van der Waals surface area contributed by atoms with Crippen LogP contribution in [-0.4, -0.2) is 21.1 Å². The normalized spacial score (nSPS) is 10.7. The lowest BCUT2D eigenvalue weighted by Crippen LogP contribution is -2.12. The Balaban J connectivity index is 1.70. The molecule has 3 heterocycles. The highest BCUT2D eigenvalue weighted by atomic mass is 32.1. The van der Waals surface area contributed by atoms with Crippen LogP contribution in [0, 0.1) is 0 Å². The Hall–Kier alpha value is -1.99. The average molecular weight is 318 g/mol. The van der Waals surface area contributed by atoms with Gasteiger partial charge in [0.25, 0.3) is 5.91 Å². The third-order valence-corrected chi connectivity index (χ3v) is 4.47. The van der Waals surface area contributed by atoms with Crippen molar-refractivity contribution in [2.45, 2.75) is 19.8 Å². The van der Waals surface area contributed by atoms with Gasteiger partial charge in [-0.05, 0) is 17.9 Å². The summed E-state index contributed by atoms with van der Waals surface area (Å²) in [5.41, 5.74) is 2.49. The maximum absolute atomic E-state index is 12.1. The zero-order chi connectivity index (χ0) is 14.7. The zero-order valence-electron chi connectivity index (χ0n) is 11.4. The molecule has 2 N–H and O–H groups in total. The van der Waals surface area contributed by atoms with Gasteiger partial charge < -0.3 is 5.32 Å². The van der Waals surface area contributed by atoms with Gasteiger partial charge in [-0.15, -0.1) is 11.3 Å². The number of amides is 1. The first-order chi connectivity index (χ1) is 10.3. The van der Waals surface area contributed by atoms with E-state index in [1.165, 1.54) is 11.3 Å². The summed E-state index contributed by atoms with van der Waals surface area (Å²) < 4.78 is 0. The number of H-pyrrole nitrogens is 1. The smallest absolute Gasteiger partial charge is 0.276 e. The number of nitrogens with one attached hydrogen (secondary N) is 2. The van der Waals surface area contributed by atoms with Crippen LogP contribution >= 0.6 is 22.7 Å². The number of aromatic amines is 1. The lowest BCUT2D eigenvalue weighted by molar-refractivity contribution is 0.102. The van der Waals surface area contributed by atoms with Gasteiger partial charge in [0.15, 0.2) is 5.82 Å². The van der Waals surface area contributed by atoms with Gasteiger partial charge in [-0.3, -0.25) is 9.89 Å². The Morgan fingerprint density at radius 2 is 2.33 bits per heavy atom. The molecule has 3 aromatic rings. The first kappa shape index (κ1) is 14.0. The maximum Gasteiger partial charge on any atom is 0.276 e. The van der Waals surface area contributed by atoms with Crippen molar-refractivity contribution in [1.29, 1.82) is 0 Å². The van der Waals surface area contributed by atoms with Gasteiger partial charge in [0, 0.05) is 28.1 Å². The number of anilines is 1. The minimum atomic E-state index is -0.234. The fourth-order valence-electron chi connectivity index (χ4n) is 1.90. The van der Waals surface area contributed by atoms with E-state index in [1.807, 2.05) is 22.9 Å². The molecule has 0 fully saturated rings. The number of carbonyl (C=O) groups excluding carboxylic acids is 1. The molecule has 0 aromatic carbocycles. The molecule has 0 spiro atoms. The van der Waals surface area contributed by atoms with Crippen molar-refractivity contribution >= 4 is 34.4 Å². The molecule has 7 heteroatoms. The second-order valence-electron chi connectivity index (χ2n) is 4.53. The Bertz CT molecular complexity index is 730. The Kier molecular flexibility index (Phi) is 4.12. The van der Waals surface area contributed by atoms with Crippen LogP contribution in [0.15, 0.2) is 28.3 Å². The van der Waals surface area contributed by atoms with Gasteiger partial charge in [-0.25, -0.2) is 4.98 Å². The average Bonchev–Trinajstić information content (AvgIpc) is 3.20. The lowest BCUT2D eigenvalue weighted by atomic mass is 10.2. The lowest BCUT2D eigenvalue weighted by Gasteiger charge is -1.97. The summed E-state index contributed by atoms with van der Waals surface area (Å²) in [4.78, 5) is 16.5. The van der Waals surface area contributed by atoms with Crippen molar-refractivity contribution in [3.05, 3.63) is 39.7 Å². The summed E-state index contributed by atoms with van der Waals surface area (Å²) in [7, 11) is 0. The summed E-state index contributed by atoms with van der Waals surface area (Å²) in [6, 6.07) is 3.85. The quantitative estimate of drug-likeness (QED) is 0.751. The van der Waals surface area contributed by atoms with E-state index < -0.39 is 0 Å². The van der Waals surface area contributed by atoms with E-state index in [9.17, 15) is 4.79 Å². The number of thiazole rings is 1. The van der Waals surface area contributed by atoms with Crippen molar-refractivity contribution in [1.82, 2.24) is 15.2 Å². The van der Waals surface area contributed by atoms with Crippen LogP contribution in [0.1, 0.15) is 29.5 Å². The molecule has 21 heavy (non-hydrogen) atoms. The van der Waals surface area contributed by atoms with Crippen LogP contribution in [0.2, 0.25) is 0 Å². The molecule has 0 aliphatic rings. The van der Waals surface area contributed by atoms with Crippen molar-refractivity contribution in [3.63, 3.8) is 0 Å². The highest BCUT2D eigenvalue weighted by Crippen LogP contribution is 2.25. The summed E-state index contributed by atoms with van der Waals surface area (Å²) in [5, 5.41) is 16.4. The number of hydrogen-bond acceptors (Lipinski definition) is 5. The van der Waals surface area contributed by atoms with Crippen molar-refractivity contribution in [2.24, 2.45) is 0 Å². The van der Waals surface area contributed by atoms with Gasteiger partial charge in [-0.1, -0.05) is 13.3 Å². The first-order valence-corrected chi connectivity index (χ1v) is 8.42. The summed E-state index contributed by atoms with van der Waals surface area (Å²) in [6.45, 7) is 2.10. The number of rotatable bonds is 5. The number of thiophene rings is 1. The minimum absolute atomic E-state index is 0.234. The van der Waals surface area contributed by atoms with Gasteiger partial charge in [0.05, 0.1) is 0 Å². The van der Waals surface area contributed by atoms with Crippen LogP contribution in [0.5, 0.6) is 0 Å². The largest absolute Gasteiger partial charge is 0.304 e. The number of carbonyl (C=O) groups is 1. The van der Waals surface area contributed by atoms with Crippen LogP contribution in [0.4, 0.5) is 5.82 Å². The molecule has 0 saturated heterocycles. The maximum atomic E-state index is 12.1. The Morgan fingerprint density at radius 1 is 1.43 bits per heavy atom. The monoisotopic (exact) mass is 318 g/mol. The molecule has 0 saturated carbocycles. The number of aromatic nitrogens is 3. The van der Waals surface area contributed by atoms with E-state index in [2.05, 4.69) is 27.4 Å². The van der Waals surface area contributed by atoms with E-state index in [-0.39, 0.29) is 5.91 Å². The van der Waals surface area contributed by atoms with Crippen molar-refractivity contribution in [2.75, 3.05) is 5.32 Å². The Morgan fingerprint density at radius 3 is 3.10 bits per heavy atom. The van der Waals surface area contributed by atoms with Gasteiger partial charge in [-0.2, -0.15) is 16.4 Å². The molecule has 3 rings (SSSR count). The number of aryl methyl sites for hydroxylation is 1. The van der Waals surface area contributed by atoms with Gasteiger partial charge in [0.1, 0.15) is 10.7 Å². The standard InChI is InChI=1S/C14H14N4OS2/c1-2-3-10-6-12(18-17-10)16-13(19)11-8-21-14(15-11)9-4-5-20-7-9/h4-8H,2-3H2,1H3,(H2,16,17,18,19). The van der Waals surface area contributed by atoms with E-state index in [0.717, 1.165) is 29.1 Å². The topological polar surface area (TPSA) is 70.7 Å². The predicted octanol–water partition coefficient (Wildman–Crippen LogP) is 3.80. The van der Waals surface area contributed by atoms with Crippen molar-refractivity contribution < 1.29 is 4.79 Å². The second-order valence-corrected chi connectivity index (χ2v) is 6.17. The highest BCUT2D eigenvalue weighted by Gasteiger charge is 2.13. The van der Waals surface area contributed by atoms with Crippen molar-refractivity contribution in [3.8, 4) is 10.6 Å². The molecule has 3 aromatic heterocycles. The summed E-state index contributed by atoms with van der Waals surface area (Å²) in [5.74, 6) is 0.302. The number of nitrogens with zero attached hydrogens (tertiary/aromatic N) is 2. The second kappa shape index (κ2) is 6.19. The predicted molar refractivity (Wildman–Crippen MR) is 86.0 cm³/mol.